The van der Waals surface area contributed by atoms with Crippen LogP contribution in [0, 0.1) is 0 Å². The highest BCUT2D eigenvalue weighted by Crippen LogP contribution is 2.28. The van der Waals surface area contributed by atoms with Crippen molar-refractivity contribution >= 4 is 0 Å². The third-order valence-electron chi connectivity index (χ3n) is 5.40. The van der Waals surface area contributed by atoms with Crippen molar-refractivity contribution in [2.75, 3.05) is 19.6 Å². The molecule has 2 aromatic heterocycles. The van der Waals surface area contributed by atoms with E-state index in [0.717, 1.165) is 6.42 Å². The summed E-state index contributed by atoms with van der Waals surface area (Å²) in [4.78, 5) is 7.29. The first-order valence-corrected chi connectivity index (χ1v) is 9.04. The van der Waals surface area contributed by atoms with Crippen LogP contribution in [0.1, 0.15) is 48.7 Å². The summed E-state index contributed by atoms with van der Waals surface area (Å²) in [6, 6.07) is 0.641. The van der Waals surface area contributed by atoms with Crippen molar-refractivity contribution < 1.29 is 0 Å². The van der Waals surface area contributed by atoms with Gasteiger partial charge in [-0.15, -0.1) is 0 Å². The second-order valence-corrected chi connectivity index (χ2v) is 7.12. The van der Waals surface area contributed by atoms with Crippen LogP contribution in [0.25, 0.3) is 0 Å². The highest BCUT2D eigenvalue weighted by molar-refractivity contribution is 5.17. The highest BCUT2D eigenvalue weighted by Gasteiger charge is 2.26. The molecule has 5 nitrogen and oxygen atoms in total. The zero-order valence-electron chi connectivity index (χ0n) is 14.1. The molecule has 1 fully saturated rings. The SMILES string of the molecule is Cn1cc(CCCN2CC[C@H](n3cnc4c3CCCC4)C2)cn1. The van der Waals surface area contributed by atoms with Gasteiger partial charge in [0.05, 0.1) is 18.2 Å². The van der Waals surface area contributed by atoms with Gasteiger partial charge in [-0.2, -0.15) is 5.10 Å². The molecule has 2 aliphatic rings. The normalized spacial score (nSPS) is 21.7. The van der Waals surface area contributed by atoms with Gasteiger partial charge >= 0.3 is 0 Å². The van der Waals surface area contributed by atoms with Crippen LogP contribution < -0.4 is 0 Å². The third-order valence-corrected chi connectivity index (χ3v) is 5.40. The number of hydrogen-bond donors (Lipinski definition) is 0. The van der Waals surface area contributed by atoms with Crippen molar-refractivity contribution in [2.24, 2.45) is 7.05 Å². The van der Waals surface area contributed by atoms with Crippen molar-refractivity contribution in [1.82, 2.24) is 24.2 Å². The molecule has 1 atom stereocenters. The van der Waals surface area contributed by atoms with Gasteiger partial charge in [0.2, 0.25) is 0 Å². The maximum absolute atomic E-state index is 4.67. The quantitative estimate of drug-likeness (QED) is 0.851. The molecule has 0 unspecified atom stereocenters. The molecule has 2 aromatic rings. The maximum Gasteiger partial charge on any atom is 0.0954 e. The van der Waals surface area contributed by atoms with E-state index in [0.29, 0.717) is 6.04 Å². The molecule has 5 heteroatoms. The second kappa shape index (κ2) is 6.48. The molecule has 0 N–H and O–H groups in total. The fourth-order valence-corrected chi connectivity index (χ4v) is 4.16. The second-order valence-electron chi connectivity index (χ2n) is 7.12. The van der Waals surface area contributed by atoms with E-state index in [1.807, 2.05) is 17.9 Å². The number of nitrogens with zero attached hydrogens (tertiary/aromatic N) is 5. The summed E-state index contributed by atoms with van der Waals surface area (Å²) < 4.78 is 4.39. The predicted molar refractivity (Wildman–Crippen MR) is 90.5 cm³/mol. The van der Waals surface area contributed by atoms with E-state index in [1.165, 1.54) is 75.1 Å². The molecule has 23 heavy (non-hydrogen) atoms. The number of aromatic nitrogens is 4. The Labute approximate surface area is 138 Å². The Kier molecular flexibility index (Phi) is 4.21. The van der Waals surface area contributed by atoms with E-state index in [-0.39, 0.29) is 0 Å². The van der Waals surface area contributed by atoms with Crippen LogP contribution in [-0.2, 0) is 26.3 Å². The summed E-state index contributed by atoms with van der Waals surface area (Å²) in [5.74, 6) is 0. The lowest BCUT2D eigenvalue weighted by Gasteiger charge is -2.20. The van der Waals surface area contributed by atoms with E-state index in [9.17, 15) is 0 Å². The van der Waals surface area contributed by atoms with Crippen molar-refractivity contribution in [3.8, 4) is 0 Å². The van der Waals surface area contributed by atoms with Crippen LogP contribution in [0.2, 0.25) is 0 Å². The molecular weight excluding hydrogens is 286 g/mol. The molecule has 124 valence electrons. The van der Waals surface area contributed by atoms with Crippen LogP contribution in [-0.4, -0.2) is 43.9 Å². The van der Waals surface area contributed by atoms with Gasteiger partial charge < -0.3 is 9.47 Å². The minimum atomic E-state index is 0.641. The monoisotopic (exact) mass is 313 g/mol. The van der Waals surface area contributed by atoms with E-state index in [2.05, 4.69) is 32.1 Å². The standard InChI is InChI=1S/C18H27N5/c1-21-12-15(11-20-21)5-4-9-22-10-8-16(13-22)23-14-19-17-6-2-3-7-18(17)23/h11-12,14,16H,2-10,13H2,1H3/t16-/m0/s1. The number of fused-ring (bicyclic) bond motifs is 1. The zero-order chi connectivity index (χ0) is 15.6. The fourth-order valence-electron chi connectivity index (χ4n) is 4.16. The number of hydrogen-bond acceptors (Lipinski definition) is 3. The average Bonchev–Trinajstić information content (AvgIpc) is 3.27. The van der Waals surface area contributed by atoms with Crippen LogP contribution in [0.3, 0.4) is 0 Å². The Morgan fingerprint density at radius 1 is 1.26 bits per heavy atom. The minimum Gasteiger partial charge on any atom is -0.330 e. The molecule has 4 rings (SSSR count). The van der Waals surface area contributed by atoms with E-state index in [4.69, 9.17) is 0 Å². The number of rotatable bonds is 5. The van der Waals surface area contributed by atoms with Gasteiger partial charge in [-0.25, -0.2) is 4.98 Å². The average molecular weight is 313 g/mol. The van der Waals surface area contributed by atoms with Crippen LogP contribution >= 0.6 is 0 Å². The number of aryl methyl sites for hydroxylation is 3. The molecule has 1 saturated heterocycles. The van der Waals surface area contributed by atoms with Gasteiger partial charge in [-0.05, 0) is 57.1 Å². The molecule has 0 aromatic carbocycles. The first-order valence-electron chi connectivity index (χ1n) is 9.04. The molecule has 0 saturated carbocycles. The summed E-state index contributed by atoms with van der Waals surface area (Å²) in [7, 11) is 1.99. The maximum atomic E-state index is 4.67. The number of likely N-dealkylation sites (tertiary alicyclic amines) is 1. The first kappa shape index (κ1) is 14.9. The Morgan fingerprint density at radius 2 is 2.17 bits per heavy atom. The fraction of sp³-hybridized carbons (Fsp3) is 0.667. The van der Waals surface area contributed by atoms with Gasteiger partial charge in [-0.3, -0.25) is 4.68 Å². The van der Waals surface area contributed by atoms with Crippen molar-refractivity contribution in [3.05, 3.63) is 35.7 Å². The Hall–Kier alpha value is -1.62. The summed E-state index contributed by atoms with van der Waals surface area (Å²) in [6.45, 7) is 3.61. The van der Waals surface area contributed by atoms with Gasteiger partial charge in [-0.1, -0.05) is 0 Å². The minimum absolute atomic E-state index is 0.641. The van der Waals surface area contributed by atoms with Crippen LogP contribution in [0.5, 0.6) is 0 Å². The van der Waals surface area contributed by atoms with Crippen LogP contribution in [0.15, 0.2) is 18.7 Å². The van der Waals surface area contributed by atoms with Gasteiger partial charge in [0.1, 0.15) is 0 Å². The van der Waals surface area contributed by atoms with E-state index >= 15 is 0 Å². The van der Waals surface area contributed by atoms with Crippen molar-refractivity contribution in [3.63, 3.8) is 0 Å². The molecule has 1 aliphatic carbocycles. The molecular formula is C18H27N5. The first-order chi connectivity index (χ1) is 11.3. The van der Waals surface area contributed by atoms with E-state index < -0.39 is 0 Å². The van der Waals surface area contributed by atoms with Gasteiger partial charge in [0.15, 0.2) is 0 Å². The summed E-state index contributed by atoms with van der Waals surface area (Å²) >= 11 is 0. The smallest absolute Gasteiger partial charge is 0.0954 e. The Bertz CT molecular complexity index is 656. The Balaban J connectivity index is 1.30. The molecule has 1 aliphatic heterocycles. The van der Waals surface area contributed by atoms with Gasteiger partial charge in [0.25, 0.3) is 0 Å². The van der Waals surface area contributed by atoms with E-state index in [1.54, 1.807) is 0 Å². The molecule has 3 heterocycles. The summed E-state index contributed by atoms with van der Waals surface area (Å²) in [6.07, 6.45) is 14.9. The topological polar surface area (TPSA) is 38.9 Å². The molecule has 0 radical (unpaired) electrons. The predicted octanol–water partition coefficient (Wildman–Crippen LogP) is 2.38. The largest absolute Gasteiger partial charge is 0.330 e. The zero-order valence-corrected chi connectivity index (χ0v) is 14.1. The van der Waals surface area contributed by atoms with Crippen molar-refractivity contribution in [1.29, 1.82) is 0 Å². The number of imidazole rings is 1. The molecule has 0 amide bonds. The lowest BCUT2D eigenvalue weighted by atomic mass is 10.0. The lowest BCUT2D eigenvalue weighted by Crippen LogP contribution is -2.23. The third kappa shape index (κ3) is 3.20. The van der Waals surface area contributed by atoms with Crippen LogP contribution in [0.4, 0.5) is 0 Å². The summed E-state index contributed by atoms with van der Waals surface area (Å²) in [5.41, 5.74) is 4.25. The highest BCUT2D eigenvalue weighted by atomic mass is 15.2. The molecule has 0 spiro atoms. The van der Waals surface area contributed by atoms with Gasteiger partial charge in [0, 0.05) is 38.1 Å². The van der Waals surface area contributed by atoms with Crippen molar-refractivity contribution in [2.45, 2.75) is 51.0 Å². The Morgan fingerprint density at radius 3 is 3.04 bits per heavy atom. The summed E-state index contributed by atoms with van der Waals surface area (Å²) in [5, 5.41) is 4.25. The lowest BCUT2D eigenvalue weighted by molar-refractivity contribution is 0.318. The molecule has 0 bridgehead atoms.